The Labute approximate surface area is 180 Å². The highest BCUT2D eigenvalue weighted by molar-refractivity contribution is 5.47. The van der Waals surface area contributed by atoms with Gasteiger partial charge in [-0.05, 0) is 61.1 Å². The van der Waals surface area contributed by atoms with Gasteiger partial charge in [0.05, 0.1) is 0 Å². The number of likely N-dealkylation sites (tertiary alicyclic amines) is 1. The minimum atomic E-state index is -0.169. The molecule has 2 nitrogen and oxygen atoms in total. The molecule has 30 heavy (non-hydrogen) atoms. The van der Waals surface area contributed by atoms with Crippen LogP contribution in [0.4, 0.5) is 10.1 Å². The standard InChI is InChI=1S/C27H31FN2/c28-25-11-13-26(14-12-25)30(22-16-24-9-5-2-6-10-24)27-17-20-29(21-18-27)19-15-23-7-3-1-4-8-23/h1-14,27H,15-22H2. The third-order valence-electron chi connectivity index (χ3n) is 6.20. The molecule has 0 aromatic heterocycles. The minimum absolute atomic E-state index is 0.169. The van der Waals surface area contributed by atoms with Crippen molar-refractivity contribution in [3.05, 3.63) is 102 Å². The second-order valence-corrected chi connectivity index (χ2v) is 8.21. The lowest BCUT2D eigenvalue weighted by Crippen LogP contribution is -2.46. The molecule has 0 unspecified atom stereocenters. The molecule has 0 amide bonds. The first kappa shape index (κ1) is 20.6. The first-order valence-corrected chi connectivity index (χ1v) is 11.1. The number of halogens is 1. The molecule has 0 aliphatic carbocycles. The maximum Gasteiger partial charge on any atom is 0.123 e. The van der Waals surface area contributed by atoms with Crippen LogP contribution >= 0.6 is 0 Å². The van der Waals surface area contributed by atoms with Gasteiger partial charge in [-0.15, -0.1) is 0 Å². The summed E-state index contributed by atoms with van der Waals surface area (Å²) in [5.41, 5.74) is 3.90. The maximum atomic E-state index is 13.5. The Bertz CT molecular complexity index is 872. The van der Waals surface area contributed by atoms with Crippen LogP contribution in [0.25, 0.3) is 0 Å². The molecule has 0 radical (unpaired) electrons. The number of hydrogen-bond donors (Lipinski definition) is 0. The van der Waals surface area contributed by atoms with Gasteiger partial charge < -0.3 is 9.80 Å². The van der Waals surface area contributed by atoms with Crippen LogP contribution in [0.5, 0.6) is 0 Å². The van der Waals surface area contributed by atoms with Gasteiger partial charge in [0, 0.05) is 37.9 Å². The summed E-state index contributed by atoms with van der Waals surface area (Å²) >= 11 is 0. The number of anilines is 1. The molecule has 1 aliphatic rings. The predicted molar refractivity (Wildman–Crippen MR) is 124 cm³/mol. The van der Waals surface area contributed by atoms with Gasteiger partial charge in [-0.2, -0.15) is 0 Å². The highest BCUT2D eigenvalue weighted by atomic mass is 19.1. The normalized spacial score (nSPS) is 15.2. The Morgan fingerprint density at radius 2 is 1.30 bits per heavy atom. The summed E-state index contributed by atoms with van der Waals surface area (Å²) in [6, 6.07) is 28.9. The summed E-state index contributed by atoms with van der Waals surface area (Å²) in [6.45, 7) is 4.34. The molecule has 1 fully saturated rings. The molecule has 1 saturated heterocycles. The maximum absolute atomic E-state index is 13.5. The Kier molecular flexibility index (Phi) is 7.15. The molecule has 3 aromatic rings. The zero-order valence-corrected chi connectivity index (χ0v) is 17.6. The highest BCUT2D eigenvalue weighted by Crippen LogP contribution is 2.25. The van der Waals surface area contributed by atoms with E-state index >= 15 is 0 Å². The van der Waals surface area contributed by atoms with E-state index in [1.165, 1.54) is 11.1 Å². The number of rotatable bonds is 8. The van der Waals surface area contributed by atoms with Gasteiger partial charge >= 0.3 is 0 Å². The molecule has 0 atom stereocenters. The van der Waals surface area contributed by atoms with Crippen LogP contribution in [-0.2, 0) is 12.8 Å². The first-order valence-electron chi connectivity index (χ1n) is 11.1. The molecule has 1 aliphatic heterocycles. The van der Waals surface area contributed by atoms with E-state index in [-0.39, 0.29) is 5.82 Å². The minimum Gasteiger partial charge on any atom is -0.368 e. The van der Waals surface area contributed by atoms with Crippen LogP contribution in [0.1, 0.15) is 24.0 Å². The summed E-state index contributed by atoms with van der Waals surface area (Å²) in [7, 11) is 0. The van der Waals surface area contributed by atoms with E-state index in [9.17, 15) is 4.39 Å². The third-order valence-corrected chi connectivity index (χ3v) is 6.20. The predicted octanol–water partition coefficient (Wildman–Crippen LogP) is 5.58. The summed E-state index contributed by atoms with van der Waals surface area (Å²) in [5.74, 6) is -0.169. The van der Waals surface area contributed by atoms with E-state index in [4.69, 9.17) is 0 Å². The van der Waals surface area contributed by atoms with E-state index in [2.05, 4.69) is 70.5 Å². The van der Waals surface area contributed by atoms with Crippen molar-refractivity contribution in [3.63, 3.8) is 0 Å². The molecule has 0 N–H and O–H groups in total. The van der Waals surface area contributed by atoms with Crippen molar-refractivity contribution in [1.82, 2.24) is 4.90 Å². The molecule has 4 rings (SSSR count). The molecule has 0 saturated carbocycles. The average Bonchev–Trinajstić information content (AvgIpc) is 2.81. The fourth-order valence-corrected chi connectivity index (χ4v) is 4.44. The monoisotopic (exact) mass is 402 g/mol. The van der Waals surface area contributed by atoms with Gasteiger partial charge in [0.25, 0.3) is 0 Å². The molecular weight excluding hydrogens is 371 g/mol. The van der Waals surface area contributed by atoms with Gasteiger partial charge in [0.15, 0.2) is 0 Å². The van der Waals surface area contributed by atoms with Crippen molar-refractivity contribution in [2.75, 3.05) is 31.1 Å². The van der Waals surface area contributed by atoms with Gasteiger partial charge in [-0.1, -0.05) is 60.7 Å². The molecule has 3 heteroatoms. The van der Waals surface area contributed by atoms with Crippen molar-refractivity contribution in [2.45, 2.75) is 31.7 Å². The molecule has 156 valence electrons. The second-order valence-electron chi connectivity index (χ2n) is 8.21. The third kappa shape index (κ3) is 5.70. The van der Waals surface area contributed by atoms with Crippen molar-refractivity contribution in [2.24, 2.45) is 0 Å². The number of hydrogen-bond acceptors (Lipinski definition) is 2. The van der Waals surface area contributed by atoms with Crippen molar-refractivity contribution in [1.29, 1.82) is 0 Å². The Morgan fingerprint density at radius 3 is 1.90 bits per heavy atom. The zero-order valence-electron chi connectivity index (χ0n) is 17.6. The Balaban J connectivity index is 1.36. The molecule has 0 spiro atoms. The fourth-order valence-electron chi connectivity index (χ4n) is 4.44. The summed E-state index contributed by atoms with van der Waals surface area (Å²) < 4.78 is 13.5. The lowest BCUT2D eigenvalue weighted by atomic mass is 10.0. The summed E-state index contributed by atoms with van der Waals surface area (Å²) in [6.07, 6.45) is 4.43. The Morgan fingerprint density at radius 1 is 0.733 bits per heavy atom. The molecular formula is C27H31FN2. The zero-order chi connectivity index (χ0) is 20.6. The Hall–Kier alpha value is -2.65. The van der Waals surface area contributed by atoms with Gasteiger partial charge in [-0.3, -0.25) is 0 Å². The topological polar surface area (TPSA) is 6.48 Å². The van der Waals surface area contributed by atoms with Gasteiger partial charge in [0.1, 0.15) is 5.82 Å². The van der Waals surface area contributed by atoms with Crippen molar-refractivity contribution < 1.29 is 4.39 Å². The first-order chi connectivity index (χ1) is 14.8. The van der Waals surface area contributed by atoms with Crippen molar-refractivity contribution >= 4 is 5.69 Å². The van der Waals surface area contributed by atoms with Crippen LogP contribution in [-0.4, -0.2) is 37.1 Å². The number of benzene rings is 3. The second kappa shape index (κ2) is 10.4. The van der Waals surface area contributed by atoms with Crippen LogP contribution in [0.3, 0.4) is 0 Å². The van der Waals surface area contributed by atoms with Gasteiger partial charge in [0.2, 0.25) is 0 Å². The van der Waals surface area contributed by atoms with E-state index in [0.29, 0.717) is 6.04 Å². The largest absolute Gasteiger partial charge is 0.368 e. The fraction of sp³-hybridized carbons (Fsp3) is 0.333. The number of piperidine rings is 1. The SMILES string of the molecule is Fc1ccc(N(CCc2ccccc2)C2CCN(CCc3ccccc3)CC2)cc1. The van der Waals surface area contributed by atoms with E-state index in [1.807, 2.05) is 12.1 Å². The summed E-state index contributed by atoms with van der Waals surface area (Å²) in [4.78, 5) is 5.09. The molecule has 3 aromatic carbocycles. The smallest absolute Gasteiger partial charge is 0.123 e. The van der Waals surface area contributed by atoms with E-state index in [0.717, 1.165) is 57.5 Å². The van der Waals surface area contributed by atoms with Crippen LogP contribution in [0.15, 0.2) is 84.9 Å². The van der Waals surface area contributed by atoms with Crippen molar-refractivity contribution in [3.8, 4) is 0 Å². The van der Waals surface area contributed by atoms with E-state index in [1.54, 1.807) is 12.1 Å². The molecule has 1 heterocycles. The lowest BCUT2D eigenvalue weighted by molar-refractivity contribution is 0.211. The number of nitrogens with zero attached hydrogens (tertiary/aromatic N) is 2. The lowest BCUT2D eigenvalue weighted by Gasteiger charge is -2.40. The van der Waals surface area contributed by atoms with Crippen LogP contribution < -0.4 is 4.90 Å². The molecule has 0 bridgehead atoms. The highest BCUT2D eigenvalue weighted by Gasteiger charge is 2.24. The van der Waals surface area contributed by atoms with E-state index < -0.39 is 0 Å². The quantitative estimate of drug-likeness (QED) is 0.485. The average molecular weight is 403 g/mol. The van der Waals surface area contributed by atoms with Gasteiger partial charge in [-0.25, -0.2) is 4.39 Å². The summed E-state index contributed by atoms with van der Waals surface area (Å²) in [5, 5.41) is 0. The van der Waals surface area contributed by atoms with Crippen LogP contribution in [0, 0.1) is 5.82 Å². The van der Waals surface area contributed by atoms with Crippen LogP contribution in [0.2, 0.25) is 0 Å².